The Morgan fingerprint density at radius 3 is 2.23 bits per heavy atom. The number of hydrogen-bond acceptors (Lipinski definition) is 4. The first-order valence-electron chi connectivity index (χ1n) is 17.5. The molecule has 0 saturated heterocycles. The van der Waals surface area contributed by atoms with E-state index in [0.29, 0.717) is 22.4 Å². The minimum Gasteiger partial charge on any atom is -0.403 e. The molecule has 0 amide bonds. The van der Waals surface area contributed by atoms with Crippen molar-refractivity contribution in [3.63, 3.8) is 0 Å². The predicted molar refractivity (Wildman–Crippen MR) is 185 cm³/mol. The van der Waals surface area contributed by atoms with Crippen LogP contribution in [0, 0.1) is 51.8 Å². The number of rotatable bonds is 6. The molecule has 242 valence electrons. The van der Waals surface area contributed by atoms with E-state index in [4.69, 9.17) is 17.2 Å². The van der Waals surface area contributed by atoms with Crippen LogP contribution in [0.25, 0.3) is 0 Å². The summed E-state index contributed by atoms with van der Waals surface area (Å²) in [5, 5.41) is 11.5. The van der Waals surface area contributed by atoms with Gasteiger partial charge in [0.25, 0.3) is 0 Å². The first-order chi connectivity index (χ1) is 20.2. The Labute approximate surface area is 264 Å². The maximum Gasteiger partial charge on any atom is 0.0600 e. The first kappa shape index (κ1) is 33.9. The number of anilines is 2. The molecule has 0 bridgehead atoms. The Bertz CT molecular complexity index is 1170. The maximum atomic E-state index is 11.5. The van der Waals surface area contributed by atoms with E-state index in [1.54, 1.807) is 0 Å². The van der Waals surface area contributed by atoms with Crippen molar-refractivity contribution in [1.29, 1.82) is 0 Å². The lowest BCUT2D eigenvalue weighted by molar-refractivity contribution is -0.184. The van der Waals surface area contributed by atoms with Gasteiger partial charge in [-0.25, -0.2) is 0 Å². The average Bonchev–Trinajstić information content (AvgIpc) is 3.30. The van der Waals surface area contributed by atoms with Crippen molar-refractivity contribution in [3.05, 3.63) is 47.2 Å². The highest BCUT2D eigenvalue weighted by atomic mass is 16.3. The van der Waals surface area contributed by atoms with Crippen LogP contribution in [0.2, 0.25) is 0 Å². The molecule has 1 aromatic rings. The molecular formula is C39H65N3O. The van der Waals surface area contributed by atoms with Crippen molar-refractivity contribution in [1.82, 2.24) is 0 Å². The van der Waals surface area contributed by atoms with Gasteiger partial charge in [-0.05, 0) is 162 Å². The number of aliphatic hydroxyl groups excluding tert-OH is 1. The van der Waals surface area contributed by atoms with Gasteiger partial charge in [0.15, 0.2) is 0 Å². The summed E-state index contributed by atoms with van der Waals surface area (Å²) in [6.07, 6.45) is 17.5. The minimum atomic E-state index is -0.272. The Balaban J connectivity index is 0.000000782. The third-order valence-electron chi connectivity index (χ3n) is 13.5. The molecule has 7 N–H and O–H groups in total. The van der Waals surface area contributed by atoms with Crippen molar-refractivity contribution in [3.8, 4) is 0 Å². The van der Waals surface area contributed by atoms with Crippen molar-refractivity contribution >= 4 is 11.4 Å². The topological polar surface area (TPSA) is 98.3 Å². The van der Waals surface area contributed by atoms with Gasteiger partial charge in [0.2, 0.25) is 0 Å². The fourth-order valence-corrected chi connectivity index (χ4v) is 11.1. The van der Waals surface area contributed by atoms with Gasteiger partial charge in [0.1, 0.15) is 0 Å². The smallest absolute Gasteiger partial charge is 0.0600 e. The number of nitrogens with two attached hydrogens (primary N) is 3. The van der Waals surface area contributed by atoms with Crippen LogP contribution in [-0.4, -0.2) is 11.2 Å². The van der Waals surface area contributed by atoms with E-state index in [1.165, 1.54) is 56.9 Å². The molecule has 0 heterocycles. The second-order valence-electron chi connectivity index (χ2n) is 16.3. The number of fused-ring (bicyclic) bond motifs is 5. The summed E-state index contributed by atoms with van der Waals surface area (Å²) in [4.78, 5) is 0. The summed E-state index contributed by atoms with van der Waals surface area (Å²) in [6, 6.07) is 5.95. The lowest BCUT2D eigenvalue weighted by Gasteiger charge is -2.65. The van der Waals surface area contributed by atoms with Gasteiger partial charge in [0.05, 0.1) is 6.10 Å². The number of nitrogen functional groups attached to an aromatic ring is 2. The van der Waals surface area contributed by atoms with Gasteiger partial charge in [-0.3, -0.25) is 0 Å². The molecule has 4 heteroatoms. The Hall–Kier alpha value is -1.94. The second-order valence-corrected chi connectivity index (χ2v) is 16.3. The number of aliphatic hydroxyl groups is 1. The van der Waals surface area contributed by atoms with E-state index in [9.17, 15) is 5.11 Å². The number of allylic oxidation sites excluding steroid dienone is 4. The van der Waals surface area contributed by atoms with Gasteiger partial charge in [-0.2, -0.15) is 0 Å². The van der Waals surface area contributed by atoms with E-state index in [1.807, 2.05) is 26.0 Å². The molecule has 4 saturated carbocycles. The van der Waals surface area contributed by atoms with Gasteiger partial charge in [-0.1, -0.05) is 51.5 Å². The molecule has 4 aliphatic carbocycles. The van der Waals surface area contributed by atoms with Crippen LogP contribution in [0.15, 0.2) is 41.6 Å². The first-order valence-corrected chi connectivity index (χ1v) is 17.5. The molecule has 10 unspecified atom stereocenters. The zero-order valence-corrected chi connectivity index (χ0v) is 28.9. The fraction of sp³-hybridized carbons (Fsp3) is 0.744. The lowest BCUT2D eigenvalue weighted by atomic mass is 9.40. The van der Waals surface area contributed by atoms with E-state index in [0.717, 1.165) is 65.8 Å². The fourth-order valence-electron chi connectivity index (χ4n) is 11.1. The molecular weight excluding hydrogens is 526 g/mol. The van der Waals surface area contributed by atoms with Gasteiger partial charge >= 0.3 is 0 Å². The molecule has 4 fully saturated rings. The normalized spacial score (nSPS) is 39.4. The SMILES string of the molecule is C/C(N)=C/CCC(C)C1CCC2C3CCC4C(C)(Cc5ccc(N)cc5N)C(O)CCC4(C)C3CCC12C.CC=C(C)C. The van der Waals surface area contributed by atoms with Crippen molar-refractivity contribution in [2.45, 2.75) is 132 Å². The highest BCUT2D eigenvalue weighted by Gasteiger charge is 2.64. The van der Waals surface area contributed by atoms with Gasteiger partial charge in [-0.15, -0.1) is 0 Å². The van der Waals surface area contributed by atoms with Crippen molar-refractivity contribution in [2.75, 3.05) is 11.5 Å². The van der Waals surface area contributed by atoms with Crippen LogP contribution in [0.3, 0.4) is 0 Å². The zero-order chi connectivity index (χ0) is 31.7. The van der Waals surface area contributed by atoms with Crippen molar-refractivity contribution < 1.29 is 5.11 Å². The van der Waals surface area contributed by atoms with E-state index in [2.05, 4.69) is 59.8 Å². The van der Waals surface area contributed by atoms with Crippen LogP contribution in [-0.2, 0) is 6.42 Å². The summed E-state index contributed by atoms with van der Waals surface area (Å²) in [7, 11) is 0. The molecule has 5 rings (SSSR count). The third-order valence-corrected chi connectivity index (χ3v) is 13.5. The summed E-state index contributed by atoms with van der Waals surface area (Å²) < 4.78 is 0. The minimum absolute atomic E-state index is 0.148. The summed E-state index contributed by atoms with van der Waals surface area (Å²) in [5.74, 6) is 4.64. The summed E-state index contributed by atoms with van der Waals surface area (Å²) in [5.41, 5.74) is 24.0. The molecule has 43 heavy (non-hydrogen) atoms. The Morgan fingerprint density at radius 2 is 1.60 bits per heavy atom. The molecule has 4 nitrogen and oxygen atoms in total. The standard InChI is InChI=1S/C34H55N3O.C5H10/c1-21(7-6-8-22(2)35)26-12-13-27-25-11-14-30-33(4,28(25)15-17-32(26,27)3)18-16-31(38)34(30,5)20-23-9-10-24(36)19-29(23)37;1-4-5(2)3/h8-10,19,21,25-28,30-31,38H,6-7,11-18,20,35-37H2,1-5H3;4H,1-3H3/b22-8-;. The third kappa shape index (κ3) is 6.56. The number of hydrogen-bond donors (Lipinski definition) is 4. The van der Waals surface area contributed by atoms with Crippen LogP contribution >= 0.6 is 0 Å². The molecule has 0 aromatic heterocycles. The highest BCUT2D eigenvalue weighted by molar-refractivity contribution is 5.57. The van der Waals surface area contributed by atoms with Crippen LogP contribution in [0.1, 0.15) is 125 Å². The largest absolute Gasteiger partial charge is 0.403 e. The van der Waals surface area contributed by atoms with Crippen molar-refractivity contribution in [2.24, 2.45) is 57.5 Å². The lowest BCUT2D eigenvalue weighted by Crippen LogP contribution is -2.60. The maximum absolute atomic E-state index is 11.5. The monoisotopic (exact) mass is 592 g/mol. The van der Waals surface area contributed by atoms with Crippen LogP contribution in [0.5, 0.6) is 0 Å². The quantitative estimate of drug-likeness (QED) is 0.196. The Morgan fingerprint density at radius 1 is 0.953 bits per heavy atom. The Kier molecular flexibility index (Phi) is 10.4. The highest BCUT2D eigenvalue weighted by Crippen LogP contribution is 2.70. The molecule has 0 spiro atoms. The van der Waals surface area contributed by atoms with E-state index < -0.39 is 0 Å². The molecule has 0 aliphatic heterocycles. The molecule has 4 aliphatic rings. The predicted octanol–water partition coefficient (Wildman–Crippen LogP) is 9.28. The molecule has 1 aromatic carbocycles. The van der Waals surface area contributed by atoms with E-state index >= 15 is 0 Å². The van der Waals surface area contributed by atoms with Gasteiger partial charge < -0.3 is 22.3 Å². The number of benzene rings is 1. The summed E-state index contributed by atoms with van der Waals surface area (Å²) >= 11 is 0. The summed E-state index contributed by atoms with van der Waals surface area (Å²) in [6.45, 7) is 18.4. The van der Waals surface area contributed by atoms with E-state index in [-0.39, 0.29) is 11.5 Å². The van der Waals surface area contributed by atoms with Gasteiger partial charge in [0, 0.05) is 22.5 Å². The average molecular weight is 592 g/mol. The zero-order valence-electron chi connectivity index (χ0n) is 28.9. The molecule has 0 radical (unpaired) electrons. The van der Waals surface area contributed by atoms with Crippen LogP contribution < -0.4 is 17.2 Å². The second kappa shape index (κ2) is 13.2. The van der Waals surface area contributed by atoms with Crippen LogP contribution in [0.4, 0.5) is 11.4 Å². The molecule has 10 atom stereocenters.